The highest BCUT2D eigenvalue weighted by atomic mass is 35.5. The molecule has 0 saturated carbocycles. The van der Waals surface area contributed by atoms with E-state index in [4.69, 9.17) is 16.9 Å². The highest BCUT2D eigenvalue weighted by Gasteiger charge is 2.08. The van der Waals surface area contributed by atoms with Gasteiger partial charge in [0, 0.05) is 17.6 Å². The predicted molar refractivity (Wildman–Crippen MR) is 77.9 cm³/mol. The van der Waals surface area contributed by atoms with E-state index in [-0.39, 0.29) is 6.04 Å². The minimum absolute atomic E-state index is 0.166. The van der Waals surface area contributed by atoms with Gasteiger partial charge in [0.2, 0.25) is 0 Å². The summed E-state index contributed by atoms with van der Waals surface area (Å²) < 4.78 is 0. The smallest absolute Gasteiger partial charge is 0.0991 e. The molecule has 0 saturated heterocycles. The van der Waals surface area contributed by atoms with Gasteiger partial charge >= 0.3 is 0 Å². The molecule has 0 aliphatic carbocycles. The molecular weight excluding hydrogens is 256 g/mol. The van der Waals surface area contributed by atoms with Crippen LogP contribution in [0.3, 0.4) is 0 Å². The van der Waals surface area contributed by atoms with Gasteiger partial charge in [-0.15, -0.1) is 0 Å². The summed E-state index contributed by atoms with van der Waals surface area (Å²) in [6.45, 7) is 2.79. The van der Waals surface area contributed by atoms with E-state index in [1.807, 2.05) is 42.5 Å². The molecule has 0 spiro atoms. The molecular formula is C16H15ClN2. The Kier molecular flexibility index (Phi) is 4.57. The zero-order valence-corrected chi connectivity index (χ0v) is 11.5. The first-order chi connectivity index (χ1) is 9.20. The van der Waals surface area contributed by atoms with Crippen molar-refractivity contribution in [1.82, 2.24) is 5.32 Å². The molecule has 0 aromatic heterocycles. The second-order valence-corrected chi connectivity index (χ2v) is 4.84. The Balaban J connectivity index is 2.03. The topological polar surface area (TPSA) is 35.8 Å². The van der Waals surface area contributed by atoms with Crippen LogP contribution < -0.4 is 5.32 Å². The molecule has 0 heterocycles. The average Bonchev–Trinajstić information content (AvgIpc) is 2.45. The van der Waals surface area contributed by atoms with Crippen molar-refractivity contribution in [1.29, 1.82) is 5.26 Å². The molecule has 0 amide bonds. The second kappa shape index (κ2) is 6.38. The molecule has 0 fully saturated rings. The van der Waals surface area contributed by atoms with Crippen LogP contribution in [-0.4, -0.2) is 0 Å². The van der Waals surface area contributed by atoms with Crippen LogP contribution in [0.5, 0.6) is 0 Å². The lowest BCUT2D eigenvalue weighted by Crippen LogP contribution is -2.18. The number of hydrogen-bond donors (Lipinski definition) is 1. The van der Waals surface area contributed by atoms with Crippen molar-refractivity contribution in [3.63, 3.8) is 0 Å². The number of hydrogen-bond acceptors (Lipinski definition) is 2. The minimum Gasteiger partial charge on any atom is -0.306 e. The van der Waals surface area contributed by atoms with E-state index in [9.17, 15) is 0 Å². The fourth-order valence-corrected chi connectivity index (χ4v) is 2.26. The van der Waals surface area contributed by atoms with Gasteiger partial charge in [0.05, 0.1) is 11.6 Å². The zero-order chi connectivity index (χ0) is 13.7. The van der Waals surface area contributed by atoms with Crippen LogP contribution in [0, 0.1) is 11.3 Å². The molecule has 96 valence electrons. The highest BCUT2D eigenvalue weighted by Crippen LogP contribution is 2.22. The molecule has 0 aliphatic heterocycles. The fraction of sp³-hybridized carbons (Fsp3) is 0.188. The number of benzene rings is 2. The first-order valence-corrected chi connectivity index (χ1v) is 6.55. The Morgan fingerprint density at radius 1 is 1.21 bits per heavy atom. The summed E-state index contributed by atoms with van der Waals surface area (Å²) in [6, 6.07) is 17.7. The standard InChI is InChI=1S/C16H15ClN2/c1-12(15-7-2-3-8-16(15)17)19-11-14-6-4-5-13(9-14)10-18/h2-9,12,19H,11H2,1H3/t12-/m0/s1. The average molecular weight is 271 g/mol. The normalized spacial score (nSPS) is 11.8. The van der Waals surface area contributed by atoms with E-state index in [0.29, 0.717) is 12.1 Å². The summed E-state index contributed by atoms with van der Waals surface area (Å²) in [6.07, 6.45) is 0. The van der Waals surface area contributed by atoms with Gasteiger partial charge in [0.25, 0.3) is 0 Å². The number of halogens is 1. The van der Waals surface area contributed by atoms with E-state index < -0.39 is 0 Å². The molecule has 2 nitrogen and oxygen atoms in total. The van der Waals surface area contributed by atoms with Crippen LogP contribution in [0.2, 0.25) is 5.02 Å². The maximum absolute atomic E-state index is 8.87. The van der Waals surface area contributed by atoms with Crippen molar-refractivity contribution >= 4 is 11.6 Å². The summed E-state index contributed by atoms with van der Waals surface area (Å²) in [5.74, 6) is 0. The largest absolute Gasteiger partial charge is 0.306 e. The SMILES string of the molecule is C[C@H](NCc1cccc(C#N)c1)c1ccccc1Cl. The van der Waals surface area contributed by atoms with Crippen LogP contribution >= 0.6 is 11.6 Å². The molecule has 1 atom stereocenters. The van der Waals surface area contributed by atoms with E-state index in [1.165, 1.54) is 0 Å². The fourth-order valence-electron chi connectivity index (χ4n) is 1.96. The maximum Gasteiger partial charge on any atom is 0.0991 e. The van der Waals surface area contributed by atoms with Gasteiger partial charge < -0.3 is 5.32 Å². The van der Waals surface area contributed by atoms with Crippen LogP contribution in [0.4, 0.5) is 0 Å². The van der Waals surface area contributed by atoms with E-state index in [2.05, 4.69) is 18.3 Å². The molecule has 19 heavy (non-hydrogen) atoms. The second-order valence-electron chi connectivity index (χ2n) is 4.44. The van der Waals surface area contributed by atoms with Crippen molar-refractivity contribution in [2.24, 2.45) is 0 Å². The molecule has 1 N–H and O–H groups in total. The van der Waals surface area contributed by atoms with Crippen molar-refractivity contribution in [3.8, 4) is 6.07 Å². The lowest BCUT2D eigenvalue weighted by Gasteiger charge is -2.15. The van der Waals surface area contributed by atoms with Crippen molar-refractivity contribution < 1.29 is 0 Å². The molecule has 2 rings (SSSR count). The van der Waals surface area contributed by atoms with Crippen molar-refractivity contribution in [2.45, 2.75) is 19.5 Å². The Hall–Kier alpha value is -1.82. The van der Waals surface area contributed by atoms with Gasteiger partial charge in [0.1, 0.15) is 0 Å². The van der Waals surface area contributed by atoms with Gasteiger partial charge in [-0.2, -0.15) is 5.26 Å². The molecule has 2 aromatic carbocycles. The van der Waals surface area contributed by atoms with Gasteiger partial charge in [-0.25, -0.2) is 0 Å². The lowest BCUT2D eigenvalue weighted by atomic mass is 10.1. The lowest BCUT2D eigenvalue weighted by molar-refractivity contribution is 0.575. The first-order valence-electron chi connectivity index (χ1n) is 6.17. The molecule has 0 bridgehead atoms. The van der Waals surface area contributed by atoms with Crippen LogP contribution in [0.1, 0.15) is 29.7 Å². The molecule has 0 aliphatic rings. The quantitative estimate of drug-likeness (QED) is 0.909. The Morgan fingerprint density at radius 3 is 2.74 bits per heavy atom. The van der Waals surface area contributed by atoms with Crippen LogP contribution in [0.25, 0.3) is 0 Å². The van der Waals surface area contributed by atoms with Gasteiger partial charge in [0.15, 0.2) is 0 Å². The summed E-state index contributed by atoms with van der Waals surface area (Å²) in [4.78, 5) is 0. The van der Waals surface area contributed by atoms with Crippen molar-refractivity contribution in [2.75, 3.05) is 0 Å². The third-order valence-corrected chi connectivity index (χ3v) is 3.38. The van der Waals surface area contributed by atoms with Gasteiger partial charge in [-0.05, 0) is 36.2 Å². The first kappa shape index (κ1) is 13.6. The van der Waals surface area contributed by atoms with E-state index >= 15 is 0 Å². The van der Waals surface area contributed by atoms with Crippen LogP contribution in [-0.2, 0) is 6.54 Å². The predicted octanol–water partition coefficient (Wildman–Crippen LogP) is 4.06. The highest BCUT2D eigenvalue weighted by molar-refractivity contribution is 6.31. The van der Waals surface area contributed by atoms with E-state index in [1.54, 1.807) is 6.07 Å². The third kappa shape index (κ3) is 3.57. The Labute approximate surface area is 118 Å². The molecule has 0 radical (unpaired) electrons. The Morgan fingerprint density at radius 2 is 2.00 bits per heavy atom. The summed E-state index contributed by atoms with van der Waals surface area (Å²) >= 11 is 6.17. The zero-order valence-electron chi connectivity index (χ0n) is 10.7. The van der Waals surface area contributed by atoms with Crippen molar-refractivity contribution in [3.05, 3.63) is 70.2 Å². The summed E-state index contributed by atoms with van der Waals surface area (Å²) in [5, 5.41) is 13.1. The van der Waals surface area contributed by atoms with E-state index in [0.717, 1.165) is 16.1 Å². The van der Waals surface area contributed by atoms with Gasteiger partial charge in [-0.1, -0.05) is 41.9 Å². The number of nitrogens with zero attached hydrogens (tertiary/aromatic N) is 1. The summed E-state index contributed by atoms with van der Waals surface area (Å²) in [7, 11) is 0. The minimum atomic E-state index is 0.166. The third-order valence-electron chi connectivity index (χ3n) is 3.04. The maximum atomic E-state index is 8.87. The monoisotopic (exact) mass is 270 g/mol. The number of nitrogens with one attached hydrogen (secondary N) is 1. The van der Waals surface area contributed by atoms with Crippen LogP contribution in [0.15, 0.2) is 48.5 Å². The molecule has 2 aromatic rings. The Bertz CT molecular complexity index is 602. The molecule has 0 unspecified atom stereocenters. The number of nitriles is 1. The van der Waals surface area contributed by atoms with Gasteiger partial charge in [-0.3, -0.25) is 0 Å². The molecule has 3 heteroatoms. The number of rotatable bonds is 4. The summed E-state index contributed by atoms with van der Waals surface area (Å²) in [5.41, 5.74) is 2.86.